The summed E-state index contributed by atoms with van der Waals surface area (Å²) in [5.74, 6) is 0.100. The van der Waals surface area contributed by atoms with Crippen LogP contribution < -0.4 is 0 Å². The summed E-state index contributed by atoms with van der Waals surface area (Å²) in [7, 11) is 0. The minimum atomic E-state index is -2.32. The molecule has 60 valence electrons. The molecule has 1 nitrogen and oxygen atoms in total. The molecule has 0 fully saturated rings. The van der Waals surface area contributed by atoms with E-state index in [-0.39, 0.29) is 12.2 Å². The van der Waals surface area contributed by atoms with E-state index in [2.05, 4.69) is 0 Å². The zero-order valence-electron chi connectivity index (χ0n) is 5.80. The van der Waals surface area contributed by atoms with Crippen LogP contribution in [0.2, 0.25) is 0 Å². The van der Waals surface area contributed by atoms with Gasteiger partial charge in [-0.3, -0.25) is 0 Å². The number of alkyl halides is 2. The third-order valence-electron chi connectivity index (χ3n) is 1.33. The SMILES string of the molecule is Oc1ccc(CC(F)F)cc1. The summed E-state index contributed by atoms with van der Waals surface area (Å²) in [6.45, 7) is 0. The number of halogens is 2. The fourth-order valence-electron chi connectivity index (χ4n) is 0.810. The van der Waals surface area contributed by atoms with E-state index in [9.17, 15) is 8.78 Å². The Morgan fingerprint density at radius 3 is 2.18 bits per heavy atom. The van der Waals surface area contributed by atoms with Crippen LogP contribution in [0.4, 0.5) is 8.78 Å². The van der Waals surface area contributed by atoms with Gasteiger partial charge in [0, 0.05) is 6.42 Å². The number of benzene rings is 1. The monoisotopic (exact) mass is 158 g/mol. The van der Waals surface area contributed by atoms with E-state index >= 15 is 0 Å². The Labute approximate surface area is 63.3 Å². The second-order valence-electron chi connectivity index (χ2n) is 2.26. The van der Waals surface area contributed by atoms with Crippen LogP contribution in [0.5, 0.6) is 5.75 Å². The molecular formula is C8H8F2O. The van der Waals surface area contributed by atoms with Crippen LogP contribution in [-0.2, 0) is 6.42 Å². The van der Waals surface area contributed by atoms with Crippen LogP contribution in [0.3, 0.4) is 0 Å². The zero-order chi connectivity index (χ0) is 8.27. The number of phenols is 1. The Bertz CT molecular complexity index is 218. The van der Waals surface area contributed by atoms with Crippen LogP contribution in [0.25, 0.3) is 0 Å². The lowest BCUT2D eigenvalue weighted by Gasteiger charge is -1.98. The van der Waals surface area contributed by atoms with Crippen molar-refractivity contribution in [3.8, 4) is 5.75 Å². The summed E-state index contributed by atoms with van der Waals surface area (Å²) in [6, 6.07) is 5.78. The molecule has 0 unspecified atom stereocenters. The Balaban J connectivity index is 2.66. The van der Waals surface area contributed by atoms with Crippen LogP contribution in [0.15, 0.2) is 24.3 Å². The first-order valence-electron chi connectivity index (χ1n) is 3.24. The first-order valence-corrected chi connectivity index (χ1v) is 3.24. The van der Waals surface area contributed by atoms with E-state index in [0.29, 0.717) is 5.56 Å². The van der Waals surface area contributed by atoms with E-state index in [4.69, 9.17) is 5.11 Å². The van der Waals surface area contributed by atoms with Gasteiger partial charge in [0.2, 0.25) is 6.43 Å². The molecule has 1 N–H and O–H groups in total. The Morgan fingerprint density at radius 1 is 1.18 bits per heavy atom. The third kappa shape index (κ3) is 2.53. The molecule has 1 aromatic carbocycles. The fraction of sp³-hybridized carbons (Fsp3) is 0.250. The van der Waals surface area contributed by atoms with Crippen LogP contribution >= 0.6 is 0 Å². The molecule has 0 bridgehead atoms. The molecule has 0 aliphatic rings. The van der Waals surface area contributed by atoms with E-state index in [0.717, 1.165) is 0 Å². The predicted octanol–water partition coefficient (Wildman–Crippen LogP) is 2.20. The molecule has 0 aliphatic heterocycles. The van der Waals surface area contributed by atoms with Crippen molar-refractivity contribution in [1.29, 1.82) is 0 Å². The van der Waals surface area contributed by atoms with Crippen LogP contribution in [0.1, 0.15) is 5.56 Å². The second kappa shape index (κ2) is 3.32. The van der Waals surface area contributed by atoms with Gasteiger partial charge in [0.15, 0.2) is 0 Å². The quantitative estimate of drug-likeness (QED) is 0.699. The molecule has 1 aromatic rings. The second-order valence-corrected chi connectivity index (χ2v) is 2.26. The summed E-state index contributed by atoms with van der Waals surface area (Å²) in [5.41, 5.74) is 0.540. The smallest absolute Gasteiger partial charge is 0.242 e. The molecule has 0 aliphatic carbocycles. The molecule has 0 atom stereocenters. The van der Waals surface area contributed by atoms with E-state index < -0.39 is 6.43 Å². The predicted molar refractivity (Wildman–Crippen MR) is 37.8 cm³/mol. The molecule has 0 saturated heterocycles. The van der Waals surface area contributed by atoms with Crippen LogP contribution in [0, 0.1) is 0 Å². The largest absolute Gasteiger partial charge is 0.508 e. The molecular weight excluding hydrogens is 150 g/mol. The number of rotatable bonds is 2. The summed E-state index contributed by atoms with van der Waals surface area (Å²) in [4.78, 5) is 0. The molecule has 0 spiro atoms. The molecule has 0 amide bonds. The maximum atomic E-state index is 11.8. The van der Waals surface area contributed by atoms with Crippen molar-refractivity contribution in [2.24, 2.45) is 0 Å². The van der Waals surface area contributed by atoms with Gasteiger partial charge in [-0.1, -0.05) is 12.1 Å². The highest BCUT2D eigenvalue weighted by Gasteiger charge is 2.03. The number of hydrogen-bond acceptors (Lipinski definition) is 1. The maximum Gasteiger partial charge on any atom is 0.242 e. The number of aromatic hydroxyl groups is 1. The summed E-state index contributed by atoms with van der Waals surface area (Å²) < 4.78 is 23.5. The summed E-state index contributed by atoms with van der Waals surface area (Å²) in [6.07, 6.45) is -2.57. The molecule has 0 radical (unpaired) electrons. The number of phenolic OH excluding ortho intramolecular Hbond substituents is 1. The fourth-order valence-corrected chi connectivity index (χ4v) is 0.810. The van der Waals surface area contributed by atoms with E-state index in [1.807, 2.05) is 0 Å². The van der Waals surface area contributed by atoms with Gasteiger partial charge in [-0.15, -0.1) is 0 Å². The summed E-state index contributed by atoms with van der Waals surface area (Å²) >= 11 is 0. The van der Waals surface area contributed by atoms with Gasteiger partial charge in [0.1, 0.15) is 5.75 Å². The van der Waals surface area contributed by atoms with Gasteiger partial charge in [0.05, 0.1) is 0 Å². The first-order chi connectivity index (χ1) is 5.18. The average Bonchev–Trinajstić information content (AvgIpc) is 1.93. The Morgan fingerprint density at radius 2 is 1.73 bits per heavy atom. The number of hydrogen-bond donors (Lipinski definition) is 1. The molecule has 1 rings (SSSR count). The maximum absolute atomic E-state index is 11.8. The lowest BCUT2D eigenvalue weighted by molar-refractivity contribution is 0.149. The van der Waals surface area contributed by atoms with Gasteiger partial charge < -0.3 is 5.11 Å². The molecule has 3 heteroatoms. The molecule has 11 heavy (non-hydrogen) atoms. The molecule has 0 saturated carbocycles. The van der Waals surface area contributed by atoms with Crippen molar-refractivity contribution in [3.63, 3.8) is 0 Å². The van der Waals surface area contributed by atoms with Crippen molar-refractivity contribution in [3.05, 3.63) is 29.8 Å². The highest BCUT2D eigenvalue weighted by atomic mass is 19.3. The minimum Gasteiger partial charge on any atom is -0.508 e. The van der Waals surface area contributed by atoms with Crippen molar-refractivity contribution >= 4 is 0 Å². The summed E-state index contributed by atoms with van der Waals surface area (Å²) in [5, 5.41) is 8.80. The normalized spacial score (nSPS) is 10.5. The Kier molecular flexibility index (Phi) is 2.41. The van der Waals surface area contributed by atoms with Crippen molar-refractivity contribution in [2.45, 2.75) is 12.8 Å². The first kappa shape index (κ1) is 7.98. The van der Waals surface area contributed by atoms with E-state index in [1.165, 1.54) is 24.3 Å². The van der Waals surface area contributed by atoms with Crippen molar-refractivity contribution in [2.75, 3.05) is 0 Å². The van der Waals surface area contributed by atoms with Gasteiger partial charge in [-0.2, -0.15) is 0 Å². The Hall–Kier alpha value is -1.12. The van der Waals surface area contributed by atoms with Crippen LogP contribution in [-0.4, -0.2) is 11.5 Å². The topological polar surface area (TPSA) is 20.2 Å². The highest BCUT2D eigenvalue weighted by molar-refractivity contribution is 5.25. The minimum absolute atomic E-state index is 0.100. The lowest BCUT2D eigenvalue weighted by atomic mass is 10.1. The standard InChI is InChI=1S/C8H8F2O/c9-8(10)5-6-1-3-7(11)4-2-6/h1-4,8,11H,5H2. The third-order valence-corrected chi connectivity index (χ3v) is 1.33. The lowest BCUT2D eigenvalue weighted by Crippen LogP contribution is -1.95. The zero-order valence-corrected chi connectivity index (χ0v) is 5.80. The van der Waals surface area contributed by atoms with Gasteiger partial charge >= 0.3 is 0 Å². The highest BCUT2D eigenvalue weighted by Crippen LogP contribution is 2.12. The van der Waals surface area contributed by atoms with Gasteiger partial charge in [0.25, 0.3) is 0 Å². The van der Waals surface area contributed by atoms with Crippen molar-refractivity contribution < 1.29 is 13.9 Å². The van der Waals surface area contributed by atoms with E-state index in [1.54, 1.807) is 0 Å². The van der Waals surface area contributed by atoms with Gasteiger partial charge in [-0.25, -0.2) is 8.78 Å². The molecule has 0 aromatic heterocycles. The van der Waals surface area contributed by atoms with Crippen molar-refractivity contribution in [1.82, 2.24) is 0 Å². The van der Waals surface area contributed by atoms with Gasteiger partial charge in [-0.05, 0) is 17.7 Å². The average molecular weight is 158 g/mol. The molecule has 0 heterocycles.